The first kappa shape index (κ1) is 15.4. The van der Waals surface area contributed by atoms with Gasteiger partial charge in [-0.25, -0.2) is 8.78 Å². The van der Waals surface area contributed by atoms with Gasteiger partial charge in [-0.05, 0) is 53.9 Å². The predicted molar refractivity (Wildman–Crippen MR) is 76.4 cm³/mol. The Morgan fingerprint density at radius 3 is 2.10 bits per heavy atom. The Labute approximate surface area is 120 Å². The van der Waals surface area contributed by atoms with Gasteiger partial charge in [0, 0.05) is 6.42 Å². The van der Waals surface area contributed by atoms with Gasteiger partial charge in [0.25, 0.3) is 0 Å². The topological polar surface area (TPSA) is 20.2 Å². The lowest BCUT2D eigenvalue weighted by molar-refractivity contribution is -0.0855. The van der Waals surface area contributed by atoms with E-state index in [-0.39, 0.29) is 22.8 Å². The van der Waals surface area contributed by atoms with Crippen molar-refractivity contribution in [3.8, 4) is 0 Å². The maximum atomic E-state index is 13.8. The van der Waals surface area contributed by atoms with Crippen molar-refractivity contribution in [2.24, 2.45) is 10.8 Å². The molecule has 3 heteroatoms. The standard InChI is InChI=1S/C17H24F2O/c1-15(2)9-16(3,4)11-17(20,10-15)8-12-7-13(18)5-6-14(12)19/h5-7,20H,8-11H2,1-4H3. The molecule has 0 amide bonds. The third-order valence-corrected chi connectivity index (χ3v) is 4.10. The molecule has 1 aromatic rings. The second kappa shape index (κ2) is 4.80. The molecule has 0 atom stereocenters. The molecule has 2 rings (SSSR count). The molecule has 1 aromatic carbocycles. The minimum Gasteiger partial charge on any atom is -0.390 e. The summed E-state index contributed by atoms with van der Waals surface area (Å²) in [5.74, 6) is -0.902. The molecule has 1 N–H and O–H groups in total. The lowest BCUT2D eigenvalue weighted by Gasteiger charge is -2.49. The van der Waals surface area contributed by atoms with Crippen LogP contribution in [-0.4, -0.2) is 10.7 Å². The summed E-state index contributed by atoms with van der Waals surface area (Å²) in [6.45, 7) is 8.50. The molecule has 0 aliphatic heterocycles. The molecule has 0 radical (unpaired) electrons. The molecule has 1 aliphatic carbocycles. The Bertz CT molecular complexity index is 490. The van der Waals surface area contributed by atoms with Gasteiger partial charge in [-0.15, -0.1) is 0 Å². The highest BCUT2D eigenvalue weighted by molar-refractivity contribution is 5.21. The van der Waals surface area contributed by atoms with Crippen LogP contribution in [0.1, 0.15) is 52.5 Å². The van der Waals surface area contributed by atoms with E-state index >= 15 is 0 Å². The van der Waals surface area contributed by atoms with Crippen LogP contribution in [0.4, 0.5) is 8.78 Å². The van der Waals surface area contributed by atoms with Gasteiger partial charge in [-0.1, -0.05) is 27.7 Å². The van der Waals surface area contributed by atoms with Gasteiger partial charge in [0.1, 0.15) is 11.6 Å². The summed E-state index contributed by atoms with van der Waals surface area (Å²) >= 11 is 0. The summed E-state index contributed by atoms with van der Waals surface area (Å²) in [5, 5.41) is 10.9. The average Bonchev–Trinajstić information content (AvgIpc) is 2.17. The normalized spacial score (nSPS) is 23.6. The van der Waals surface area contributed by atoms with E-state index in [1.807, 2.05) is 0 Å². The monoisotopic (exact) mass is 282 g/mol. The lowest BCUT2D eigenvalue weighted by atomic mass is 9.58. The Hall–Kier alpha value is -0.960. The SMILES string of the molecule is CC1(C)CC(C)(C)CC(O)(Cc2cc(F)ccc2F)C1. The molecule has 0 spiro atoms. The summed E-state index contributed by atoms with van der Waals surface area (Å²) in [4.78, 5) is 0. The van der Waals surface area contributed by atoms with Gasteiger partial charge in [-0.2, -0.15) is 0 Å². The first-order chi connectivity index (χ1) is 9.00. The summed E-state index contributed by atoms with van der Waals surface area (Å²) in [5.41, 5.74) is -0.707. The molecule has 0 unspecified atom stereocenters. The number of aliphatic hydroxyl groups is 1. The Kier molecular flexibility index (Phi) is 3.70. The highest BCUT2D eigenvalue weighted by atomic mass is 19.1. The Morgan fingerprint density at radius 1 is 1.00 bits per heavy atom. The number of hydrogen-bond acceptors (Lipinski definition) is 1. The highest BCUT2D eigenvalue weighted by Gasteiger charge is 2.46. The average molecular weight is 282 g/mol. The van der Waals surface area contributed by atoms with E-state index in [1.54, 1.807) is 0 Å². The summed E-state index contributed by atoms with van der Waals surface area (Å²) in [7, 11) is 0. The van der Waals surface area contributed by atoms with Crippen molar-refractivity contribution >= 4 is 0 Å². The van der Waals surface area contributed by atoms with E-state index in [4.69, 9.17) is 0 Å². The van der Waals surface area contributed by atoms with Crippen molar-refractivity contribution in [3.05, 3.63) is 35.4 Å². The fraction of sp³-hybridized carbons (Fsp3) is 0.647. The maximum Gasteiger partial charge on any atom is 0.126 e. The lowest BCUT2D eigenvalue weighted by Crippen LogP contribution is -2.47. The predicted octanol–water partition coefficient (Wildman–Crippen LogP) is 4.47. The van der Waals surface area contributed by atoms with Crippen molar-refractivity contribution < 1.29 is 13.9 Å². The number of rotatable bonds is 2. The second-order valence-corrected chi connectivity index (χ2v) is 8.00. The molecule has 1 saturated carbocycles. The quantitative estimate of drug-likeness (QED) is 0.848. The van der Waals surface area contributed by atoms with Gasteiger partial charge in [0.2, 0.25) is 0 Å². The third kappa shape index (κ3) is 3.57. The molecule has 20 heavy (non-hydrogen) atoms. The van der Waals surface area contributed by atoms with E-state index < -0.39 is 17.2 Å². The molecular weight excluding hydrogens is 258 g/mol. The zero-order valence-corrected chi connectivity index (χ0v) is 12.8. The maximum absolute atomic E-state index is 13.8. The minimum atomic E-state index is -0.972. The van der Waals surface area contributed by atoms with Crippen LogP contribution in [0.5, 0.6) is 0 Å². The van der Waals surface area contributed by atoms with Crippen molar-refractivity contribution in [3.63, 3.8) is 0 Å². The van der Waals surface area contributed by atoms with Crippen LogP contribution in [0.25, 0.3) is 0 Å². The highest BCUT2D eigenvalue weighted by Crippen LogP contribution is 2.51. The van der Waals surface area contributed by atoms with Gasteiger partial charge in [0.15, 0.2) is 0 Å². The molecular formula is C17H24F2O. The van der Waals surface area contributed by atoms with Crippen LogP contribution in [0.2, 0.25) is 0 Å². The summed E-state index contributed by atoms with van der Waals surface area (Å²) < 4.78 is 27.1. The molecule has 0 saturated heterocycles. The molecule has 0 heterocycles. The van der Waals surface area contributed by atoms with E-state index in [9.17, 15) is 13.9 Å². The van der Waals surface area contributed by atoms with Crippen molar-refractivity contribution in [1.82, 2.24) is 0 Å². The summed E-state index contributed by atoms with van der Waals surface area (Å²) in [6, 6.07) is 3.44. The third-order valence-electron chi connectivity index (χ3n) is 4.10. The van der Waals surface area contributed by atoms with Gasteiger partial charge in [0.05, 0.1) is 5.60 Å². The smallest absolute Gasteiger partial charge is 0.126 e. The first-order valence-electron chi connectivity index (χ1n) is 7.17. The van der Waals surface area contributed by atoms with E-state index in [0.717, 1.165) is 18.6 Å². The largest absolute Gasteiger partial charge is 0.390 e. The molecule has 0 bridgehead atoms. The van der Waals surface area contributed by atoms with Crippen LogP contribution in [-0.2, 0) is 6.42 Å². The van der Waals surface area contributed by atoms with E-state index in [0.29, 0.717) is 12.8 Å². The Morgan fingerprint density at radius 2 is 1.55 bits per heavy atom. The zero-order valence-electron chi connectivity index (χ0n) is 12.8. The molecule has 1 nitrogen and oxygen atoms in total. The number of benzene rings is 1. The molecule has 0 aromatic heterocycles. The van der Waals surface area contributed by atoms with Crippen LogP contribution in [0.15, 0.2) is 18.2 Å². The van der Waals surface area contributed by atoms with Crippen LogP contribution < -0.4 is 0 Å². The summed E-state index contributed by atoms with van der Waals surface area (Å²) in [6.07, 6.45) is 2.41. The van der Waals surface area contributed by atoms with Gasteiger partial charge in [-0.3, -0.25) is 0 Å². The molecule has 1 fully saturated rings. The van der Waals surface area contributed by atoms with Crippen LogP contribution >= 0.6 is 0 Å². The number of halogens is 2. The van der Waals surface area contributed by atoms with Gasteiger partial charge >= 0.3 is 0 Å². The second-order valence-electron chi connectivity index (χ2n) is 8.00. The van der Waals surface area contributed by atoms with Crippen molar-refractivity contribution in [2.45, 2.75) is 59.0 Å². The van der Waals surface area contributed by atoms with Crippen molar-refractivity contribution in [2.75, 3.05) is 0 Å². The van der Waals surface area contributed by atoms with E-state index in [1.165, 1.54) is 6.07 Å². The molecule has 112 valence electrons. The zero-order chi connectivity index (χ0) is 15.2. The van der Waals surface area contributed by atoms with E-state index in [2.05, 4.69) is 27.7 Å². The first-order valence-corrected chi connectivity index (χ1v) is 7.17. The number of hydrogen-bond donors (Lipinski definition) is 1. The van der Waals surface area contributed by atoms with Crippen LogP contribution in [0.3, 0.4) is 0 Å². The van der Waals surface area contributed by atoms with Gasteiger partial charge < -0.3 is 5.11 Å². The van der Waals surface area contributed by atoms with Crippen LogP contribution in [0, 0.1) is 22.5 Å². The molecule has 1 aliphatic rings. The Balaban J connectivity index is 2.28. The fourth-order valence-corrected chi connectivity index (χ4v) is 4.42. The van der Waals surface area contributed by atoms with Crippen molar-refractivity contribution in [1.29, 1.82) is 0 Å². The minimum absolute atomic E-state index is 0.000299. The fourth-order valence-electron chi connectivity index (χ4n) is 4.42.